The lowest BCUT2D eigenvalue weighted by Crippen LogP contribution is -1.96. The van der Waals surface area contributed by atoms with Gasteiger partial charge in [-0.3, -0.25) is 0 Å². The van der Waals surface area contributed by atoms with Crippen molar-refractivity contribution in [2.45, 2.75) is 0 Å². The van der Waals surface area contributed by atoms with Crippen LogP contribution in [0.15, 0.2) is 54.9 Å². The molecular formula is C18H9ClFN3. The molecule has 3 aromatic rings. The summed E-state index contributed by atoms with van der Waals surface area (Å²) in [4.78, 5) is 0. The van der Waals surface area contributed by atoms with Crippen molar-refractivity contribution in [3.05, 3.63) is 82.4 Å². The first-order valence-corrected chi connectivity index (χ1v) is 7.05. The van der Waals surface area contributed by atoms with Crippen LogP contribution in [0.2, 0.25) is 5.02 Å². The van der Waals surface area contributed by atoms with Crippen molar-refractivity contribution in [3.63, 3.8) is 0 Å². The largest absolute Gasteiger partial charge is 0.240 e. The molecule has 5 heteroatoms. The maximum Gasteiger partial charge on any atom is 0.126 e. The fourth-order valence-electron chi connectivity index (χ4n) is 2.01. The van der Waals surface area contributed by atoms with Gasteiger partial charge in [-0.2, -0.15) is 10.4 Å². The Kier molecular flexibility index (Phi) is 4.10. The van der Waals surface area contributed by atoms with E-state index in [0.29, 0.717) is 16.3 Å². The van der Waals surface area contributed by atoms with Crippen LogP contribution in [0.3, 0.4) is 0 Å². The van der Waals surface area contributed by atoms with Crippen molar-refractivity contribution in [1.29, 1.82) is 5.26 Å². The Morgan fingerprint density at radius 3 is 2.65 bits per heavy atom. The van der Waals surface area contributed by atoms with Gasteiger partial charge in [-0.05, 0) is 36.4 Å². The summed E-state index contributed by atoms with van der Waals surface area (Å²) in [7, 11) is 0. The van der Waals surface area contributed by atoms with Gasteiger partial charge in [-0.1, -0.05) is 29.5 Å². The average Bonchev–Trinajstić information content (AvgIpc) is 3.01. The van der Waals surface area contributed by atoms with E-state index in [-0.39, 0.29) is 5.56 Å². The SMILES string of the molecule is N#Cc1cc(F)cc(-n2cc(C#Cc3cccc(Cl)c3)cn2)c1. The van der Waals surface area contributed by atoms with Crippen LogP contribution in [-0.2, 0) is 0 Å². The lowest BCUT2D eigenvalue weighted by molar-refractivity contribution is 0.625. The number of nitriles is 1. The first-order valence-electron chi connectivity index (χ1n) is 6.67. The predicted octanol–water partition coefficient (Wildman–Crippen LogP) is 3.94. The van der Waals surface area contributed by atoms with Crippen LogP contribution >= 0.6 is 11.6 Å². The Balaban J connectivity index is 1.90. The van der Waals surface area contributed by atoms with Gasteiger partial charge in [-0.25, -0.2) is 9.07 Å². The summed E-state index contributed by atoms with van der Waals surface area (Å²) in [5.74, 6) is 5.47. The average molecular weight is 322 g/mol. The normalized spacial score (nSPS) is 9.78. The van der Waals surface area contributed by atoms with Crippen molar-refractivity contribution in [3.8, 4) is 23.6 Å². The molecule has 0 radical (unpaired) electrons. The zero-order valence-electron chi connectivity index (χ0n) is 11.8. The standard InChI is InChI=1S/C18H9ClFN3/c19-16-3-1-2-13(6-16)4-5-14-11-22-23(12-14)18-8-15(10-21)7-17(20)9-18/h1-3,6-9,11-12H. The zero-order valence-corrected chi connectivity index (χ0v) is 12.5. The van der Waals surface area contributed by atoms with Crippen LogP contribution in [0.25, 0.3) is 5.69 Å². The summed E-state index contributed by atoms with van der Waals surface area (Å²) >= 11 is 5.91. The maximum atomic E-state index is 13.5. The smallest absolute Gasteiger partial charge is 0.126 e. The molecule has 3 rings (SSSR count). The molecular weight excluding hydrogens is 313 g/mol. The molecule has 0 aliphatic heterocycles. The highest BCUT2D eigenvalue weighted by molar-refractivity contribution is 6.30. The molecule has 110 valence electrons. The van der Waals surface area contributed by atoms with Gasteiger partial charge >= 0.3 is 0 Å². The van der Waals surface area contributed by atoms with Crippen LogP contribution in [-0.4, -0.2) is 9.78 Å². The van der Waals surface area contributed by atoms with E-state index in [4.69, 9.17) is 16.9 Å². The zero-order chi connectivity index (χ0) is 16.2. The van der Waals surface area contributed by atoms with Gasteiger partial charge < -0.3 is 0 Å². The topological polar surface area (TPSA) is 41.6 Å². The molecule has 23 heavy (non-hydrogen) atoms. The van der Waals surface area contributed by atoms with Gasteiger partial charge in [0.15, 0.2) is 0 Å². The van der Waals surface area contributed by atoms with Crippen LogP contribution in [0.4, 0.5) is 4.39 Å². The molecule has 0 saturated heterocycles. The van der Waals surface area contributed by atoms with Gasteiger partial charge in [0.1, 0.15) is 5.82 Å². The summed E-state index contributed by atoms with van der Waals surface area (Å²) in [6, 6.07) is 13.2. The Bertz CT molecular complexity index is 974. The van der Waals surface area contributed by atoms with E-state index in [2.05, 4.69) is 16.9 Å². The molecule has 0 aliphatic rings. The first kappa shape index (κ1) is 14.8. The number of hydrogen-bond donors (Lipinski definition) is 0. The number of hydrogen-bond acceptors (Lipinski definition) is 2. The third kappa shape index (κ3) is 3.58. The Morgan fingerprint density at radius 2 is 1.87 bits per heavy atom. The summed E-state index contributed by atoms with van der Waals surface area (Å²) in [5, 5.41) is 13.7. The van der Waals surface area contributed by atoms with E-state index < -0.39 is 5.82 Å². The van der Waals surface area contributed by atoms with E-state index in [1.807, 2.05) is 18.2 Å². The monoisotopic (exact) mass is 321 g/mol. The quantitative estimate of drug-likeness (QED) is 0.637. The highest BCUT2D eigenvalue weighted by Gasteiger charge is 2.04. The fraction of sp³-hybridized carbons (Fsp3) is 0. The van der Waals surface area contributed by atoms with Crippen LogP contribution < -0.4 is 0 Å². The van der Waals surface area contributed by atoms with E-state index in [0.717, 1.165) is 5.56 Å². The minimum Gasteiger partial charge on any atom is -0.240 e. The minimum absolute atomic E-state index is 0.238. The first-order chi connectivity index (χ1) is 11.1. The third-order valence-corrected chi connectivity index (χ3v) is 3.27. The van der Waals surface area contributed by atoms with Crippen molar-refractivity contribution in [2.75, 3.05) is 0 Å². The highest BCUT2D eigenvalue weighted by atomic mass is 35.5. The lowest BCUT2D eigenvalue weighted by atomic mass is 10.2. The number of nitrogens with zero attached hydrogens (tertiary/aromatic N) is 3. The Morgan fingerprint density at radius 1 is 1.04 bits per heavy atom. The lowest BCUT2D eigenvalue weighted by Gasteiger charge is -2.01. The Labute approximate surface area is 137 Å². The van der Waals surface area contributed by atoms with Crippen molar-refractivity contribution >= 4 is 11.6 Å². The summed E-state index contributed by atoms with van der Waals surface area (Å²) < 4.78 is 15.0. The van der Waals surface area contributed by atoms with Crippen LogP contribution in [0.1, 0.15) is 16.7 Å². The van der Waals surface area contributed by atoms with Gasteiger partial charge in [0.25, 0.3) is 0 Å². The fourth-order valence-corrected chi connectivity index (χ4v) is 2.20. The molecule has 0 unspecified atom stereocenters. The number of rotatable bonds is 1. The molecule has 0 aliphatic carbocycles. The number of benzene rings is 2. The summed E-state index contributed by atoms with van der Waals surface area (Å²) in [6.45, 7) is 0. The Hall–Kier alpha value is -3.08. The second-order valence-corrected chi connectivity index (χ2v) is 5.18. The molecule has 1 heterocycles. The van der Waals surface area contributed by atoms with E-state index in [1.165, 1.54) is 16.8 Å². The summed E-state index contributed by atoms with van der Waals surface area (Å²) in [5.41, 5.74) is 2.18. The molecule has 0 saturated carbocycles. The van der Waals surface area contributed by atoms with E-state index >= 15 is 0 Å². The molecule has 3 nitrogen and oxygen atoms in total. The molecule has 0 atom stereocenters. The van der Waals surface area contributed by atoms with Crippen molar-refractivity contribution < 1.29 is 4.39 Å². The van der Waals surface area contributed by atoms with Crippen LogP contribution in [0.5, 0.6) is 0 Å². The molecule has 0 fully saturated rings. The van der Waals surface area contributed by atoms with Gasteiger partial charge in [0, 0.05) is 16.8 Å². The van der Waals surface area contributed by atoms with Gasteiger partial charge in [-0.15, -0.1) is 0 Å². The molecule has 1 aromatic heterocycles. The molecule has 2 aromatic carbocycles. The number of aromatic nitrogens is 2. The highest BCUT2D eigenvalue weighted by Crippen LogP contribution is 2.13. The molecule has 0 N–H and O–H groups in total. The van der Waals surface area contributed by atoms with Gasteiger partial charge in [0.2, 0.25) is 0 Å². The molecule has 0 amide bonds. The van der Waals surface area contributed by atoms with E-state index in [1.54, 1.807) is 30.6 Å². The predicted molar refractivity (Wildman–Crippen MR) is 85.7 cm³/mol. The summed E-state index contributed by atoms with van der Waals surface area (Å²) in [6.07, 6.45) is 3.25. The minimum atomic E-state index is -0.485. The van der Waals surface area contributed by atoms with Crippen LogP contribution in [0, 0.1) is 29.0 Å². The number of halogens is 2. The van der Waals surface area contributed by atoms with Crippen molar-refractivity contribution in [1.82, 2.24) is 9.78 Å². The second kappa shape index (κ2) is 6.36. The maximum absolute atomic E-state index is 13.5. The second-order valence-electron chi connectivity index (χ2n) is 4.74. The molecule has 0 bridgehead atoms. The van der Waals surface area contributed by atoms with Gasteiger partial charge in [0.05, 0.1) is 29.1 Å². The van der Waals surface area contributed by atoms with Crippen molar-refractivity contribution in [2.24, 2.45) is 0 Å². The third-order valence-electron chi connectivity index (χ3n) is 3.03. The van der Waals surface area contributed by atoms with E-state index in [9.17, 15) is 4.39 Å². The molecule has 0 spiro atoms.